The van der Waals surface area contributed by atoms with Crippen LogP contribution in [0.2, 0.25) is 0 Å². The summed E-state index contributed by atoms with van der Waals surface area (Å²) in [5.74, 6) is 1.59. The first-order valence-corrected chi connectivity index (χ1v) is 8.07. The number of pyridine rings is 1. The number of ether oxygens (including phenoxy) is 3. The van der Waals surface area contributed by atoms with Crippen molar-refractivity contribution in [3.63, 3.8) is 0 Å². The lowest BCUT2D eigenvalue weighted by Crippen LogP contribution is -2.29. The van der Waals surface area contributed by atoms with Crippen LogP contribution in [-0.4, -0.2) is 24.1 Å². The van der Waals surface area contributed by atoms with Gasteiger partial charge in [0.25, 0.3) is 5.91 Å². The summed E-state index contributed by atoms with van der Waals surface area (Å²) in [5, 5.41) is 2.82. The lowest BCUT2D eigenvalue weighted by atomic mass is 10.2. The predicted octanol–water partition coefficient (Wildman–Crippen LogP) is 3.08. The molecule has 1 aromatic carbocycles. The monoisotopic (exact) mass is 340 g/mol. The minimum Gasteiger partial charge on any atom is -0.491 e. The van der Waals surface area contributed by atoms with Gasteiger partial charge in [0.1, 0.15) is 24.7 Å². The summed E-state index contributed by atoms with van der Waals surface area (Å²) < 4.78 is 16.6. The van der Waals surface area contributed by atoms with Gasteiger partial charge in [-0.2, -0.15) is 0 Å². The molecule has 0 radical (unpaired) electrons. The highest BCUT2D eigenvalue weighted by Crippen LogP contribution is 2.25. The third-order valence-electron chi connectivity index (χ3n) is 3.76. The highest BCUT2D eigenvalue weighted by atomic mass is 16.6. The normalized spacial score (nSPS) is 13.7. The molecule has 0 fully saturated rings. The van der Waals surface area contributed by atoms with Gasteiger partial charge in [-0.1, -0.05) is 24.3 Å². The largest absolute Gasteiger partial charge is 0.491 e. The van der Waals surface area contributed by atoms with Gasteiger partial charge in [0, 0.05) is 18.3 Å². The van der Waals surface area contributed by atoms with Crippen molar-refractivity contribution in [2.24, 2.45) is 0 Å². The maximum Gasteiger partial charge on any atom is 0.290 e. The van der Waals surface area contributed by atoms with Crippen molar-refractivity contribution in [2.45, 2.75) is 20.4 Å². The molecule has 3 rings (SSSR count). The Labute approximate surface area is 146 Å². The van der Waals surface area contributed by atoms with Crippen molar-refractivity contribution in [1.82, 2.24) is 10.3 Å². The van der Waals surface area contributed by atoms with Gasteiger partial charge >= 0.3 is 0 Å². The van der Waals surface area contributed by atoms with Crippen LogP contribution in [0.4, 0.5) is 0 Å². The second-order valence-electron chi connectivity index (χ2n) is 5.60. The Morgan fingerprint density at radius 1 is 1.16 bits per heavy atom. The van der Waals surface area contributed by atoms with Crippen LogP contribution in [0.5, 0.6) is 11.6 Å². The molecule has 6 heteroatoms. The molecule has 6 nitrogen and oxygen atoms in total. The van der Waals surface area contributed by atoms with Crippen LogP contribution in [0, 0.1) is 6.92 Å². The van der Waals surface area contributed by atoms with Gasteiger partial charge in [0.15, 0.2) is 0 Å². The van der Waals surface area contributed by atoms with Gasteiger partial charge in [-0.3, -0.25) is 4.79 Å². The SMILES string of the molecule is CC1=C(C(=O)NCc2cccnc2Oc2ccccc2C)OCCO1. The second-order valence-corrected chi connectivity index (χ2v) is 5.60. The number of nitrogens with zero attached hydrogens (tertiary/aromatic N) is 1. The van der Waals surface area contributed by atoms with Crippen LogP contribution < -0.4 is 10.1 Å². The predicted molar refractivity (Wildman–Crippen MR) is 91.9 cm³/mol. The van der Waals surface area contributed by atoms with E-state index in [1.54, 1.807) is 19.2 Å². The van der Waals surface area contributed by atoms with Crippen LogP contribution in [0.15, 0.2) is 54.1 Å². The Balaban J connectivity index is 1.71. The first-order chi connectivity index (χ1) is 12.1. The smallest absolute Gasteiger partial charge is 0.290 e. The van der Waals surface area contributed by atoms with Gasteiger partial charge in [-0.15, -0.1) is 0 Å². The Kier molecular flexibility index (Phi) is 5.18. The average molecular weight is 340 g/mol. The van der Waals surface area contributed by atoms with Crippen molar-refractivity contribution in [2.75, 3.05) is 13.2 Å². The van der Waals surface area contributed by atoms with Gasteiger partial charge in [0.05, 0.1) is 0 Å². The number of hydrogen-bond donors (Lipinski definition) is 1. The Bertz CT molecular complexity index is 802. The zero-order chi connectivity index (χ0) is 17.6. The molecule has 0 bridgehead atoms. The standard InChI is InChI=1S/C19H20N2O4/c1-13-6-3-4-8-16(13)25-19-15(7-5-9-20-19)12-21-18(22)17-14(2)23-10-11-24-17/h3-9H,10-12H2,1-2H3,(H,21,22). The van der Waals surface area contributed by atoms with E-state index in [1.165, 1.54) is 0 Å². The molecule has 130 valence electrons. The quantitative estimate of drug-likeness (QED) is 0.906. The Hall–Kier alpha value is -3.02. The fourth-order valence-electron chi connectivity index (χ4n) is 2.41. The Morgan fingerprint density at radius 3 is 2.76 bits per heavy atom. The molecule has 0 unspecified atom stereocenters. The molecule has 0 saturated carbocycles. The third kappa shape index (κ3) is 4.09. The summed E-state index contributed by atoms with van der Waals surface area (Å²) in [7, 11) is 0. The molecule has 1 amide bonds. The molecule has 0 spiro atoms. The summed E-state index contributed by atoms with van der Waals surface area (Å²) in [4.78, 5) is 16.5. The van der Waals surface area contributed by atoms with Crippen LogP contribution in [0.1, 0.15) is 18.1 Å². The average Bonchev–Trinajstić information content (AvgIpc) is 2.63. The van der Waals surface area contributed by atoms with Crippen molar-refractivity contribution in [1.29, 1.82) is 0 Å². The number of para-hydroxylation sites is 1. The zero-order valence-electron chi connectivity index (χ0n) is 14.2. The maximum absolute atomic E-state index is 12.3. The minimum absolute atomic E-state index is 0.219. The van der Waals surface area contributed by atoms with E-state index in [1.807, 2.05) is 37.3 Å². The number of nitrogens with one attached hydrogen (secondary N) is 1. The van der Waals surface area contributed by atoms with Crippen LogP contribution in [-0.2, 0) is 20.8 Å². The minimum atomic E-state index is -0.317. The second kappa shape index (κ2) is 7.70. The fourth-order valence-corrected chi connectivity index (χ4v) is 2.41. The molecule has 25 heavy (non-hydrogen) atoms. The van der Waals surface area contributed by atoms with Crippen molar-refractivity contribution >= 4 is 5.91 Å². The highest BCUT2D eigenvalue weighted by Gasteiger charge is 2.20. The van der Waals surface area contributed by atoms with E-state index in [4.69, 9.17) is 14.2 Å². The van der Waals surface area contributed by atoms with Crippen LogP contribution >= 0.6 is 0 Å². The first-order valence-electron chi connectivity index (χ1n) is 8.07. The summed E-state index contributed by atoms with van der Waals surface area (Å²) in [5.41, 5.74) is 1.78. The first kappa shape index (κ1) is 16.8. The molecule has 2 aromatic rings. The molecule has 1 aliphatic rings. The van der Waals surface area contributed by atoms with Crippen molar-refractivity contribution < 1.29 is 19.0 Å². The van der Waals surface area contributed by atoms with Gasteiger partial charge in [0.2, 0.25) is 11.6 Å². The van der Waals surface area contributed by atoms with E-state index in [2.05, 4.69) is 10.3 Å². The van der Waals surface area contributed by atoms with E-state index in [-0.39, 0.29) is 18.2 Å². The van der Waals surface area contributed by atoms with Gasteiger partial charge in [-0.05, 0) is 31.5 Å². The Morgan fingerprint density at radius 2 is 1.96 bits per heavy atom. The van der Waals surface area contributed by atoms with E-state index in [9.17, 15) is 4.79 Å². The lowest BCUT2D eigenvalue weighted by molar-refractivity contribution is -0.122. The number of hydrogen-bond acceptors (Lipinski definition) is 5. The molecule has 1 aromatic heterocycles. The van der Waals surface area contributed by atoms with Crippen LogP contribution in [0.25, 0.3) is 0 Å². The van der Waals surface area contributed by atoms with Gasteiger partial charge in [-0.25, -0.2) is 4.98 Å². The molecular formula is C19H20N2O4. The molecular weight excluding hydrogens is 320 g/mol. The number of aryl methyl sites for hydroxylation is 1. The highest BCUT2D eigenvalue weighted by molar-refractivity contribution is 5.91. The number of amides is 1. The van der Waals surface area contributed by atoms with Crippen molar-refractivity contribution in [3.8, 4) is 11.6 Å². The molecule has 2 heterocycles. The number of carbonyl (C=O) groups is 1. The van der Waals surface area contributed by atoms with E-state index in [0.29, 0.717) is 24.9 Å². The summed E-state index contributed by atoms with van der Waals surface area (Å²) in [6.07, 6.45) is 1.66. The summed E-state index contributed by atoms with van der Waals surface area (Å²) in [6.45, 7) is 4.78. The maximum atomic E-state index is 12.3. The molecule has 0 aliphatic carbocycles. The molecule has 0 atom stereocenters. The third-order valence-corrected chi connectivity index (χ3v) is 3.76. The summed E-state index contributed by atoms with van der Waals surface area (Å²) in [6, 6.07) is 11.4. The van der Waals surface area contributed by atoms with E-state index >= 15 is 0 Å². The topological polar surface area (TPSA) is 69.7 Å². The lowest BCUT2D eigenvalue weighted by Gasteiger charge is -2.19. The van der Waals surface area contributed by atoms with E-state index in [0.717, 1.165) is 16.9 Å². The molecule has 0 saturated heterocycles. The van der Waals surface area contributed by atoms with Crippen LogP contribution in [0.3, 0.4) is 0 Å². The van der Waals surface area contributed by atoms with Gasteiger partial charge < -0.3 is 19.5 Å². The summed E-state index contributed by atoms with van der Waals surface area (Å²) >= 11 is 0. The van der Waals surface area contributed by atoms with E-state index < -0.39 is 0 Å². The molecule has 1 aliphatic heterocycles. The number of allylic oxidation sites excluding steroid dienone is 1. The number of rotatable bonds is 5. The number of carbonyl (C=O) groups excluding carboxylic acids is 1. The number of benzene rings is 1. The fraction of sp³-hybridized carbons (Fsp3) is 0.263. The zero-order valence-corrected chi connectivity index (χ0v) is 14.2. The number of aromatic nitrogens is 1. The molecule has 1 N–H and O–H groups in total. The van der Waals surface area contributed by atoms with Crippen molar-refractivity contribution in [3.05, 3.63) is 65.2 Å².